The molecule has 1 saturated carbocycles. The molecule has 5 heteroatoms. The summed E-state index contributed by atoms with van der Waals surface area (Å²) < 4.78 is 1.57. The van der Waals surface area contributed by atoms with Crippen molar-refractivity contribution in [1.82, 2.24) is 4.57 Å². The molecule has 2 N–H and O–H groups in total. The van der Waals surface area contributed by atoms with E-state index in [1.165, 1.54) is 11.8 Å². The van der Waals surface area contributed by atoms with E-state index in [2.05, 4.69) is 0 Å². The predicted molar refractivity (Wildman–Crippen MR) is 76.5 cm³/mol. The van der Waals surface area contributed by atoms with Gasteiger partial charge in [-0.05, 0) is 44.8 Å². The summed E-state index contributed by atoms with van der Waals surface area (Å²) in [5, 5.41) is 19.9. The zero-order valence-electron chi connectivity index (χ0n) is 11.4. The first-order chi connectivity index (χ1) is 9.02. The van der Waals surface area contributed by atoms with Crippen LogP contribution in [-0.2, 0) is 11.3 Å². The first-order valence-electron chi connectivity index (χ1n) is 6.68. The molecule has 1 heterocycles. The average molecular weight is 283 g/mol. The van der Waals surface area contributed by atoms with Crippen LogP contribution < -0.4 is 0 Å². The van der Waals surface area contributed by atoms with Crippen molar-refractivity contribution < 1.29 is 15.0 Å². The smallest absolute Gasteiger partial charge is 0.196 e. The van der Waals surface area contributed by atoms with Crippen molar-refractivity contribution in [2.45, 2.75) is 39.2 Å². The molecule has 2 rings (SSSR count). The van der Waals surface area contributed by atoms with Crippen LogP contribution in [0.4, 0.5) is 0 Å². The van der Waals surface area contributed by atoms with Crippen molar-refractivity contribution in [3.63, 3.8) is 0 Å². The van der Waals surface area contributed by atoms with Crippen LogP contribution in [0.5, 0.6) is 11.8 Å². The molecule has 0 unspecified atom stereocenters. The van der Waals surface area contributed by atoms with E-state index >= 15 is 0 Å². The van der Waals surface area contributed by atoms with Crippen LogP contribution >= 0.6 is 11.8 Å². The van der Waals surface area contributed by atoms with Crippen LogP contribution in [0.15, 0.2) is 6.07 Å². The third-order valence-corrected chi connectivity index (χ3v) is 4.79. The summed E-state index contributed by atoms with van der Waals surface area (Å²) in [7, 11) is 0. The molecule has 1 fully saturated rings. The number of nitrogens with zero attached hydrogens (tertiary/aromatic N) is 1. The van der Waals surface area contributed by atoms with Crippen LogP contribution in [0.3, 0.4) is 0 Å². The maximum absolute atomic E-state index is 11.6. The summed E-state index contributed by atoms with van der Waals surface area (Å²) in [5.74, 6) is 0.895. The number of aromatic nitrogens is 1. The van der Waals surface area contributed by atoms with E-state index in [1.54, 1.807) is 17.6 Å². The van der Waals surface area contributed by atoms with Crippen molar-refractivity contribution >= 4 is 16.9 Å². The summed E-state index contributed by atoms with van der Waals surface area (Å²) >= 11 is 1.32. The molecule has 106 valence electrons. The molecular weight excluding hydrogens is 262 g/mol. The van der Waals surface area contributed by atoms with Gasteiger partial charge in [0.15, 0.2) is 16.9 Å². The van der Waals surface area contributed by atoms with Crippen LogP contribution in [0, 0.1) is 18.8 Å². The van der Waals surface area contributed by atoms with Gasteiger partial charge in [0.05, 0.1) is 0 Å². The van der Waals surface area contributed by atoms with E-state index in [0.717, 1.165) is 25.7 Å². The monoisotopic (exact) mass is 283 g/mol. The van der Waals surface area contributed by atoms with Gasteiger partial charge in [-0.15, -0.1) is 0 Å². The van der Waals surface area contributed by atoms with E-state index in [-0.39, 0.29) is 17.7 Å². The highest BCUT2D eigenvalue weighted by molar-refractivity contribution is 8.13. The Bertz CT molecular complexity index is 462. The lowest BCUT2D eigenvalue weighted by atomic mass is 9.82. The number of aryl methyl sites for hydroxylation is 1. The van der Waals surface area contributed by atoms with E-state index in [9.17, 15) is 15.0 Å². The highest BCUT2D eigenvalue weighted by Gasteiger charge is 2.27. The number of aromatic hydroxyl groups is 2. The molecule has 19 heavy (non-hydrogen) atoms. The van der Waals surface area contributed by atoms with Gasteiger partial charge in [-0.2, -0.15) is 0 Å². The van der Waals surface area contributed by atoms with E-state index < -0.39 is 0 Å². The third-order valence-electron chi connectivity index (χ3n) is 4.05. The lowest BCUT2D eigenvalue weighted by Gasteiger charge is -2.27. The molecule has 0 spiro atoms. The van der Waals surface area contributed by atoms with Gasteiger partial charge >= 0.3 is 0 Å². The minimum absolute atomic E-state index is 0.123. The zero-order valence-corrected chi connectivity index (χ0v) is 12.2. The van der Waals surface area contributed by atoms with Gasteiger partial charge in [-0.25, -0.2) is 0 Å². The molecule has 1 aliphatic carbocycles. The Morgan fingerprint density at radius 1 is 1.37 bits per heavy atom. The minimum atomic E-state index is 0.123. The molecule has 0 aliphatic heterocycles. The molecule has 1 aromatic heterocycles. The van der Waals surface area contributed by atoms with Gasteiger partial charge in [0.1, 0.15) is 0 Å². The number of carbonyl (C=O) groups excluding carboxylic acids is 1. The van der Waals surface area contributed by atoms with Gasteiger partial charge < -0.3 is 10.2 Å². The Morgan fingerprint density at radius 2 is 2.00 bits per heavy atom. The normalized spacial score (nSPS) is 23.5. The number of hydrogen-bond donors (Lipinski definition) is 2. The van der Waals surface area contributed by atoms with E-state index in [1.807, 2.05) is 6.26 Å². The summed E-state index contributed by atoms with van der Waals surface area (Å²) in [5.41, 5.74) is 0.698. The SMILES string of the molecule is CSC(=O)C1CCC(Cn2c(O)cc(C)c2O)CC1. The topological polar surface area (TPSA) is 62.5 Å². The Balaban J connectivity index is 1.94. The van der Waals surface area contributed by atoms with Gasteiger partial charge in [-0.1, -0.05) is 11.8 Å². The quantitative estimate of drug-likeness (QED) is 0.895. The minimum Gasteiger partial charge on any atom is -0.494 e. The molecule has 0 atom stereocenters. The van der Waals surface area contributed by atoms with Crippen molar-refractivity contribution in [1.29, 1.82) is 0 Å². The third kappa shape index (κ3) is 3.08. The number of hydrogen-bond acceptors (Lipinski definition) is 4. The molecule has 0 bridgehead atoms. The predicted octanol–water partition coefficient (Wildman–Crippen LogP) is 2.90. The molecule has 1 aromatic rings. The van der Waals surface area contributed by atoms with Crippen molar-refractivity contribution in [2.24, 2.45) is 11.8 Å². The highest BCUT2D eigenvalue weighted by atomic mass is 32.2. The van der Waals surface area contributed by atoms with Crippen LogP contribution in [0.1, 0.15) is 31.2 Å². The molecule has 0 radical (unpaired) electrons. The van der Waals surface area contributed by atoms with Gasteiger partial charge in [-0.3, -0.25) is 9.36 Å². The summed E-state index contributed by atoms with van der Waals surface area (Å²) in [6, 6.07) is 1.58. The second-order valence-corrected chi connectivity index (χ2v) is 6.17. The van der Waals surface area contributed by atoms with E-state index in [4.69, 9.17) is 0 Å². The van der Waals surface area contributed by atoms with E-state index in [0.29, 0.717) is 23.1 Å². The van der Waals surface area contributed by atoms with Crippen molar-refractivity contribution in [3.05, 3.63) is 11.6 Å². The Labute approximate surface area is 117 Å². The number of carbonyl (C=O) groups is 1. The fraction of sp³-hybridized carbons (Fsp3) is 0.643. The van der Waals surface area contributed by atoms with Crippen molar-refractivity contribution in [2.75, 3.05) is 6.26 Å². The Morgan fingerprint density at radius 3 is 2.47 bits per heavy atom. The first-order valence-corrected chi connectivity index (χ1v) is 7.91. The lowest BCUT2D eigenvalue weighted by molar-refractivity contribution is -0.115. The molecule has 0 amide bonds. The molecule has 4 nitrogen and oxygen atoms in total. The summed E-state index contributed by atoms with van der Waals surface area (Å²) in [6.07, 6.45) is 5.64. The second-order valence-electron chi connectivity index (χ2n) is 5.36. The zero-order chi connectivity index (χ0) is 14.0. The van der Waals surface area contributed by atoms with Crippen LogP contribution in [0.2, 0.25) is 0 Å². The fourth-order valence-electron chi connectivity index (χ4n) is 2.84. The van der Waals surface area contributed by atoms with Crippen LogP contribution in [-0.4, -0.2) is 26.2 Å². The lowest BCUT2D eigenvalue weighted by Crippen LogP contribution is -2.22. The average Bonchev–Trinajstić information content (AvgIpc) is 2.65. The number of rotatable bonds is 3. The molecule has 1 aliphatic rings. The Hall–Kier alpha value is -1.10. The highest BCUT2D eigenvalue weighted by Crippen LogP contribution is 2.35. The van der Waals surface area contributed by atoms with Gasteiger partial charge in [0, 0.05) is 24.1 Å². The second kappa shape index (κ2) is 5.90. The maximum Gasteiger partial charge on any atom is 0.196 e. The standard InChI is InChI=1S/C14H21NO3S/c1-9-7-12(16)15(13(9)17)8-10-3-5-11(6-4-10)14(18)19-2/h7,10-11,16-17H,3-6,8H2,1-2H3. The maximum atomic E-state index is 11.6. The number of thioether (sulfide) groups is 1. The summed E-state index contributed by atoms with van der Waals surface area (Å²) in [6.45, 7) is 2.41. The summed E-state index contributed by atoms with van der Waals surface area (Å²) in [4.78, 5) is 11.6. The molecule has 0 aromatic carbocycles. The molecule has 0 saturated heterocycles. The van der Waals surface area contributed by atoms with Crippen molar-refractivity contribution in [3.8, 4) is 11.8 Å². The molecular formula is C14H21NO3S. The van der Waals surface area contributed by atoms with Gasteiger partial charge in [0.25, 0.3) is 0 Å². The largest absolute Gasteiger partial charge is 0.494 e. The fourth-order valence-corrected chi connectivity index (χ4v) is 3.41. The first kappa shape index (κ1) is 14.3. The Kier molecular flexibility index (Phi) is 4.45. The van der Waals surface area contributed by atoms with Crippen LogP contribution in [0.25, 0.3) is 0 Å². The van der Waals surface area contributed by atoms with Gasteiger partial charge in [0.2, 0.25) is 0 Å².